The number of nitrogens with zero attached hydrogens (tertiary/aromatic N) is 1. The molecule has 0 aliphatic carbocycles. The number of benzene rings is 1. The van der Waals surface area contributed by atoms with Gasteiger partial charge in [-0.3, -0.25) is 9.78 Å². The molecule has 0 fully saturated rings. The summed E-state index contributed by atoms with van der Waals surface area (Å²) in [6.07, 6.45) is 3.94. The summed E-state index contributed by atoms with van der Waals surface area (Å²) >= 11 is 3.35. The summed E-state index contributed by atoms with van der Waals surface area (Å²) < 4.78 is 0.942. The van der Waals surface area contributed by atoms with E-state index in [0.29, 0.717) is 6.42 Å². The molecular formula is C15H14BrNO2. The topological polar surface area (TPSA) is 50.2 Å². The van der Waals surface area contributed by atoms with Crippen LogP contribution in [0.5, 0.6) is 0 Å². The number of halogens is 1. The van der Waals surface area contributed by atoms with Gasteiger partial charge in [-0.25, -0.2) is 0 Å². The van der Waals surface area contributed by atoms with Crippen molar-refractivity contribution in [3.8, 4) is 0 Å². The second kappa shape index (κ2) is 5.97. The van der Waals surface area contributed by atoms with Gasteiger partial charge >= 0.3 is 5.97 Å². The highest BCUT2D eigenvalue weighted by molar-refractivity contribution is 9.10. The predicted octanol–water partition coefficient (Wildman–Crippen LogP) is 3.56. The van der Waals surface area contributed by atoms with Gasteiger partial charge in [-0.1, -0.05) is 34.1 Å². The average molecular weight is 320 g/mol. The third-order valence-electron chi connectivity index (χ3n) is 2.94. The number of pyridine rings is 1. The molecule has 1 N–H and O–H groups in total. The van der Waals surface area contributed by atoms with Crippen LogP contribution in [0.4, 0.5) is 0 Å². The third kappa shape index (κ3) is 3.64. The standard InChI is InChI=1S/C15H14BrNO2/c1-10-6-11(9-17-8-10)7-14(15(18)19)12-2-4-13(16)5-3-12/h2-6,8-9,14H,7H2,1H3,(H,18,19). The Morgan fingerprint density at radius 1 is 1.32 bits per heavy atom. The monoisotopic (exact) mass is 319 g/mol. The van der Waals surface area contributed by atoms with E-state index in [4.69, 9.17) is 0 Å². The number of hydrogen-bond acceptors (Lipinski definition) is 2. The Hall–Kier alpha value is -1.68. The van der Waals surface area contributed by atoms with Gasteiger partial charge in [0, 0.05) is 16.9 Å². The summed E-state index contributed by atoms with van der Waals surface area (Å²) in [7, 11) is 0. The maximum Gasteiger partial charge on any atom is 0.311 e. The van der Waals surface area contributed by atoms with Crippen molar-refractivity contribution in [2.75, 3.05) is 0 Å². The largest absolute Gasteiger partial charge is 0.481 e. The van der Waals surface area contributed by atoms with Crippen molar-refractivity contribution in [3.63, 3.8) is 0 Å². The lowest BCUT2D eigenvalue weighted by molar-refractivity contribution is -0.138. The van der Waals surface area contributed by atoms with Crippen LogP contribution in [0.3, 0.4) is 0 Å². The van der Waals surface area contributed by atoms with Crippen LogP contribution in [0.15, 0.2) is 47.2 Å². The number of aromatic nitrogens is 1. The zero-order valence-electron chi connectivity index (χ0n) is 10.5. The van der Waals surface area contributed by atoms with Gasteiger partial charge in [0.2, 0.25) is 0 Å². The molecule has 3 nitrogen and oxygen atoms in total. The van der Waals surface area contributed by atoms with Crippen molar-refractivity contribution >= 4 is 21.9 Å². The fourth-order valence-corrected chi connectivity index (χ4v) is 2.27. The number of carboxylic acids is 1. The van der Waals surface area contributed by atoms with Crippen molar-refractivity contribution in [1.82, 2.24) is 4.98 Å². The van der Waals surface area contributed by atoms with Gasteiger partial charge < -0.3 is 5.11 Å². The Morgan fingerprint density at radius 3 is 2.58 bits per heavy atom. The zero-order valence-corrected chi connectivity index (χ0v) is 12.1. The molecule has 0 spiro atoms. The first-order valence-corrected chi connectivity index (χ1v) is 6.74. The van der Waals surface area contributed by atoms with Crippen LogP contribution in [0.25, 0.3) is 0 Å². The van der Waals surface area contributed by atoms with Crippen LogP contribution >= 0.6 is 15.9 Å². The molecule has 2 rings (SSSR count). The maximum absolute atomic E-state index is 11.4. The van der Waals surface area contributed by atoms with E-state index in [2.05, 4.69) is 20.9 Å². The zero-order chi connectivity index (χ0) is 13.8. The minimum absolute atomic E-state index is 0.450. The molecule has 1 atom stereocenters. The van der Waals surface area contributed by atoms with Crippen LogP contribution in [0.1, 0.15) is 22.6 Å². The molecule has 0 saturated heterocycles. The van der Waals surface area contributed by atoms with E-state index in [1.165, 1.54) is 0 Å². The van der Waals surface area contributed by atoms with Gasteiger partial charge in [-0.05, 0) is 42.2 Å². The molecule has 1 heterocycles. The number of aliphatic carboxylic acids is 1. The number of rotatable bonds is 4. The Bertz CT molecular complexity index is 581. The molecule has 1 unspecified atom stereocenters. The number of aryl methyl sites for hydroxylation is 1. The average Bonchev–Trinajstić information content (AvgIpc) is 2.37. The van der Waals surface area contributed by atoms with Crippen LogP contribution in [-0.2, 0) is 11.2 Å². The van der Waals surface area contributed by atoms with Gasteiger partial charge in [0.15, 0.2) is 0 Å². The molecule has 4 heteroatoms. The van der Waals surface area contributed by atoms with Gasteiger partial charge in [-0.2, -0.15) is 0 Å². The van der Waals surface area contributed by atoms with E-state index in [1.807, 2.05) is 37.3 Å². The number of hydrogen-bond donors (Lipinski definition) is 1. The van der Waals surface area contributed by atoms with Crippen molar-refractivity contribution < 1.29 is 9.90 Å². The molecule has 0 radical (unpaired) electrons. The van der Waals surface area contributed by atoms with Gasteiger partial charge in [0.1, 0.15) is 0 Å². The van der Waals surface area contributed by atoms with E-state index in [1.54, 1.807) is 12.4 Å². The maximum atomic E-state index is 11.4. The summed E-state index contributed by atoms with van der Waals surface area (Å²) in [6, 6.07) is 9.37. The van der Waals surface area contributed by atoms with E-state index in [0.717, 1.165) is 21.2 Å². The Balaban J connectivity index is 2.26. The van der Waals surface area contributed by atoms with Crippen LogP contribution < -0.4 is 0 Å². The quantitative estimate of drug-likeness (QED) is 0.937. The van der Waals surface area contributed by atoms with Gasteiger partial charge in [0.05, 0.1) is 5.92 Å². The molecule has 98 valence electrons. The van der Waals surface area contributed by atoms with Crippen LogP contribution in [-0.4, -0.2) is 16.1 Å². The first-order valence-electron chi connectivity index (χ1n) is 5.95. The minimum Gasteiger partial charge on any atom is -0.481 e. The lowest BCUT2D eigenvalue weighted by Gasteiger charge is -2.13. The van der Waals surface area contributed by atoms with Crippen molar-refractivity contribution in [1.29, 1.82) is 0 Å². The first-order chi connectivity index (χ1) is 9.06. The molecule has 2 aromatic rings. The highest BCUT2D eigenvalue weighted by Gasteiger charge is 2.20. The van der Waals surface area contributed by atoms with E-state index in [-0.39, 0.29) is 0 Å². The van der Waals surface area contributed by atoms with E-state index >= 15 is 0 Å². The van der Waals surface area contributed by atoms with Crippen LogP contribution in [0.2, 0.25) is 0 Å². The molecule has 0 aliphatic rings. The Kier molecular flexibility index (Phi) is 4.32. The fourth-order valence-electron chi connectivity index (χ4n) is 2.01. The van der Waals surface area contributed by atoms with E-state index < -0.39 is 11.9 Å². The summed E-state index contributed by atoms with van der Waals surface area (Å²) in [5.41, 5.74) is 2.78. The molecular weight excluding hydrogens is 306 g/mol. The number of carbonyl (C=O) groups is 1. The van der Waals surface area contributed by atoms with Crippen molar-refractivity contribution in [3.05, 3.63) is 63.9 Å². The Morgan fingerprint density at radius 2 is 2.00 bits per heavy atom. The van der Waals surface area contributed by atoms with Crippen molar-refractivity contribution in [2.45, 2.75) is 19.3 Å². The SMILES string of the molecule is Cc1cncc(CC(C(=O)O)c2ccc(Br)cc2)c1. The minimum atomic E-state index is -0.816. The molecule has 0 aliphatic heterocycles. The lowest BCUT2D eigenvalue weighted by Crippen LogP contribution is -2.14. The smallest absolute Gasteiger partial charge is 0.311 e. The van der Waals surface area contributed by atoms with Crippen molar-refractivity contribution in [2.24, 2.45) is 0 Å². The van der Waals surface area contributed by atoms with Gasteiger partial charge in [0.25, 0.3) is 0 Å². The highest BCUT2D eigenvalue weighted by atomic mass is 79.9. The molecule has 19 heavy (non-hydrogen) atoms. The fraction of sp³-hybridized carbons (Fsp3) is 0.200. The highest BCUT2D eigenvalue weighted by Crippen LogP contribution is 2.23. The third-order valence-corrected chi connectivity index (χ3v) is 3.47. The summed E-state index contributed by atoms with van der Waals surface area (Å²) in [5.74, 6) is -1.36. The molecule has 0 amide bonds. The first kappa shape index (κ1) is 13.7. The van der Waals surface area contributed by atoms with Crippen LogP contribution in [0, 0.1) is 6.92 Å². The summed E-state index contributed by atoms with van der Waals surface area (Å²) in [6.45, 7) is 1.95. The molecule has 1 aromatic heterocycles. The summed E-state index contributed by atoms with van der Waals surface area (Å²) in [5, 5.41) is 9.39. The second-order valence-corrected chi connectivity index (χ2v) is 5.43. The number of carboxylic acid groups (broad SMARTS) is 1. The molecule has 0 bridgehead atoms. The molecule has 1 aromatic carbocycles. The second-order valence-electron chi connectivity index (χ2n) is 4.52. The molecule has 0 saturated carbocycles. The predicted molar refractivity (Wildman–Crippen MR) is 77.2 cm³/mol. The van der Waals surface area contributed by atoms with E-state index in [9.17, 15) is 9.90 Å². The summed E-state index contributed by atoms with van der Waals surface area (Å²) in [4.78, 5) is 15.5. The normalized spacial score (nSPS) is 12.1. The lowest BCUT2D eigenvalue weighted by atomic mass is 9.92. The Labute approximate surface area is 120 Å². The van der Waals surface area contributed by atoms with Gasteiger partial charge in [-0.15, -0.1) is 0 Å².